The summed E-state index contributed by atoms with van der Waals surface area (Å²) in [5, 5.41) is 4.12. The molecule has 1 fully saturated rings. The second-order valence-electron chi connectivity index (χ2n) is 6.69. The third-order valence-electron chi connectivity index (χ3n) is 4.99. The molecule has 1 aromatic carbocycles. The lowest BCUT2D eigenvalue weighted by Crippen LogP contribution is -2.37. The predicted octanol–water partition coefficient (Wildman–Crippen LogP) is 3.06. The van der Waals surface area contributed by atoms with Crippen LogP contribution in [0.1, 0.15) is 37.8 Å². The molecule has 1 aliphatic heterocycles. The number of nitrogens with zero attached hydrogens (tertiary/aromatic N) is 1. The molecule has 1 aliphatic rings. The maximum atomic E-state index is 12.1. The van der Waals surface area contributed by atoms with E-state index in [1.54, 1.807) is 7.11 Å². The number of aromatic nitrogens is 1. The third-order valence-corrected chi connectivity index (χ3v) is 4.99. The van der Waals surface area contributed by atoms with Crippen molar-refractivity contribution in [3.8, 4) is 5.75 Å². The van der Waals surface area contributed by atoms with Gasteiger partial charge in [0.05, 0.1) is 13.7 Å². The maximum absolute atomic E-state index is 12.1. The molecule has 3 rings (SSSR count). The molecule has 2 aromatic rings. The Labute approximate surface area is 143 Å². The number of carbonyl (C=O) groups excluding carboxylic acids is 1. The van der Waals surface area contributed by atoms with Crippen molar-refractivity contribution in [2.75, 3.05) is 20.7 Å². The van der Waals surface area contributed by atoms with Crippen LogP contribution in [0.25, 0.3) is 10.9 Å². The molecule has 0 bridgehead atoms. The van der Waals surface area contributed by atoms with Crippen molar-refractivity contribution < 1.29 is 9.53 Å². The van der Waals surface area contributed by atoms with Gasteiger partial charge in [0, 0.05) is 29.1 Å². The highest BCUT2D eigenvalue weighted by Crippen LogP contribution is 2.21. The summed E-state index contributed by atoms with van der Waals surface area (Å²) in [5.41, 5.74) is 2.07. The van der Waals surface area contributed by atoms with Gasteiger partial charge in [0.1, 0.15) is 5.75 Å². The summed E-state index contributed by atoms with van der Waals surface area (Å²) in [6.45, 7) is 1.70. The minimum atomic E-state index is 0.130. The molecule has 0 radical (unpaired) electrons. The van der Waals surface area contributed by atoms with Crippen LogP contribution < -0.4 is 10.1 Å². The van der Waals surface area contributed by atoms with Crippen molar-refractivity contribution in [1.82, 2.24) is 15.2 Å². The van der Waals surface area contributed by atoms with Gasteiger partial charge in [0.25, 0.3) is 0 Å². The molecule has 1 saturated heterocycles. The molecule has 130 valence electrons. The van der Waals surface area contributed by atoms with Crippen LogP contribution in [-0.2, 0) is 11.3 Å². The van der Waals surface area contributed by atoms with Crippen molar-refractivity contribution in [3.63, 3.8) is 0 Å². The lowest BCUT2D eigenvalue weighted by atomic mass is 9.98. The number of amides is 1. The molecular formula is C19H27N3O2. The Morgan fingerprint density at radius 2 is 2.25 bits per heavy atom. The molecule has 2 N–H and O–H groups in total. The van der Waals surface area contributed by atoms with Crippen LogP contribution in [0.5, 0.6) is 5.75 Å². The summed E-state index contributed by atoms with van der Waals surface area (Å²) >= 11 is 0. The number of ether oxygens (including phenoxy) is 1. The Morgan fingerprint density at radius 3 is 3.04 bits per heavy atom. The Morgan fingerprint density at radius 1 is 1.38 bits per heavy atom. The molecule has 2 heterocycles. The molecule has 1 unspecified atom stereocenters. The van der Waals surface area contributed by atoms with E-state index in [-0.39, 0.29) is 5.91 Å². The SMILES string of the molecule is COc1ccc2[nH]c(CNC(=O)CCC3CCCCN3C)cc2c1. The summed E-state index contributed by atoms with van der Waals surface area (Å²) in [5.74, 6) is 0.971. The van der Waals surface area contributed by atoms with Crippen LogP contribution in [-0.4, -0.2) is 42.5 Å². The normalized spacial score (nSPS) is 18.7. The quantitative estimate of drug-likeness (QED) is 0.856. The number of aromatic amines is 1. The Balaban J connectivity index is 1.49. The number of likely N-dealkylation sites (tertiary alicyclic amines) is 1. The Kier molecular flexibility index (Phi) is 5.41. The number of rotatable bonds is 6. The molecule has 5 nitrogen and oxygen atoms in total. The lowest BCUT2D eigenvalue weighted by molar-refractivity contribution is -0.121. The zero-order valence-electron chi connectivity index (χ0n) is 14.6. The van der Waals surface area contributed by atoms with Crippen molar-refractivity contribution in [2.24, 2.45) is 0 Å². The van der Waals surface area contributed by atoms with Crippen LogP contribution >= 0.6 is 0 Å². The number of methoxy groups -OCH3 is 1. The first-order valence-corrected chi connectivity index (χ1v) is 8.78. The highest BCUT2D eigenvalue weighted by molar-refractivity contribution is 5.82. The number of carbonyl (C=O) groups is 1. The fourth-order valence-electron chi connectivity index (χ4n) is 3.48. The number of hydrogen-bond acceptors (Lipinski definition) is 3. The van der Waals surface area contributed by atoms with Crippen molar-refractivity contribution in [1.29, 1.82) is 0 Å². The van der Waals surface area contributed by atoms with Gasteiger partial charge in [0.15, 0.2) is 0 Å². The van der Waals surface area contributed by atoms with E-state index in [4.69, 9.17) is 4.74 Å². The molecule has 1 amide bonds. The highest BCUT2D eigenvalue weighted by Gasteiger charge is 2.19. The average molecular weight is 329 g/mol. The van der Waals surface area contributed by atoms with Gasteiger partial charge in [-0.05, 0) is 57.1 Å². The Bertz CT molecular complexity index is 695. The zero-order chi connectivity index (χ0) is 16.9. The topological polar surface area (TPSA) is 57.4 Å². The van der Waals surface area contributed by atoms with Gasteiger partial charge in [-0.2, -0.15) is 0 Å². The number of hydrogen-bond donors (Lipinski definition) is 2. The molecular weight excluding hydrogens is 302 g/mol. The van der Waals surface area contributed by atoms with Gasteiger partial charge in [-0.15, -0.1) is 0 Å². The number of piperidine rings is 1. The molecule has 0 spiro atoms. The van der Waals surface area contributed by atoms with E-state index in [1.165, 1.54) is 19.3 Å². The van der Waals surface area contributed by atoms with Gasteiger partial charge in [0.2, 0.25) is 5.91 Å². The van der Waals surface area contributed by atoms with Crippen LogP contribution in [0.2, 0.25) is 0 Å². The van der Waals surface area contributed by atoms with Gasteiger partial charge in [-0.1, -0.05) is 6.42 Å². The second-order valence-corrected chi connectivity index (χ2v) is 6.69. The summed E-state index contributed by atoms with van der Waals surface area (Å²) in [4.78, 5) is 17.8. The van der Waals surface area contributed by atoms with Gasteiger partial charge in [-0.25, -0.2) is 0 Å². The summed E-state index contributed by atoms with van der Waals surface area (Å²) in [7, 11) is 3.83. The first kappa shape index (κ1) is 16.8. The number of fused-ring (bicyclic) bond motifs is 1. The van der Waals surface area contributed by atoms with Crippen LogP contribution in [0, 0.1) is 0 Å². The zero-order valence-corrected chi connectivity index (χ0v) is 14.6. The molecule has 1 atom stereocenters. The highest BCUT2D eigenvalue weighted by atomic mass is 16.5. The average Bonchev–Trinajstić information content (AvgIpc) is 3.01. The maximum Gasteiger partial charge on any atom is 0.220 e. The molecule has 1 aromatic heterocycles. The number of nitrogens with one attached hydrogen (secondary N) is 2. The van der Waals surface area contributed by atoms with Crippen LogP contribution in [0.4, 0.5) is 0 Å². The number of H-pyrrole nitrogens is 1. The predicted molar refractivity (Wildman–Crippen MR) is 96.2 cm³/mol. The minimum absolute atomic E-state index is 0.130. The number of benzene rings is 1. The molecule has 24 heavy (non-hydrogen) atoms. The van der Waals surface area contributed by atoms with Crippen molar-refractivity contribution in [2.45, 2.75) is 44.7 Å². The standard InChI is InChI=1S/C19H27N3O2/c1-22-10-4-3-5-16(22)6-9-19(23)20-13-15-11-14-12-17(24-2)7-8-18(14)21-15/h7-8,11-12,16,21H,3-6,9-10,13H2,1-2H3,(H,20,23). The first-order chi connectivity index (χ1) is 11.7. The first-order valence-electron chi connectivity index (χ1n) is 8.78. The summed E-state index contributed by atoms with van der Waals surface area (Å²) in [6.07, 6.45) is 5.34. The fourth-order valence-corrected chi connectivity index (χ4v) is 3.48. The molecule has 0 aliphatic carbocycles. The third kappa shape index (κ3) is 4.09. The molecule has 0 saturated carbocycles. The van der Waals surface area contributed by atoms with Gasteiger partial charge >= 0.3 is 0 Å². The van der Waals surface area contributed by atoms with Crippen molar-refractivity contribution in [3.05, 3.63) is 30.0 Å². The summed E-state index contributed by atoms with van der Waals surface area (Å²) < 4.78 is 5.24. The van der Waals surface area contributed by atoms with E-state index in [2.05, 4.69) is 28.3 Å². The van der Waals surface area contributed by atoms with Crippen molar-refractivity contribution >= 4 is 16.8 Å². The Hall–Kier alpha value is -2.01. The van der Waals surface area contributed by atoms with E-state index in [9.17, 15) is 4.79 Å². The van der Waals surface area contributed by atoms with E-state index in [1.807, 2.05) is 18.2 Å². The smallest absolute Gasteiger partial charge is 0.220 e. The van der Waals surface area contributed by atoms with E-state index < -0.39 is 0 Å². The second kappa shape index (κ2) is 7.71. The van der Waals surface area contributed by atoms with Gasteiger partial charge in [-0.3, -0.25) is 4.79 Å². The molecule has 5 heteroatoms. The van der Waals surface area contributed by atoms with E-state index >= 15 is 0 Å². The minimum Gasteiger partial charge on any atom is -0.497 e. The van der Waals surface area contributed by atoms with Crippen LogP contribution in [0.3, 0.4) is 0 Å². The van der Waals surface area contributed by atoms with E-state index in [0.29, 0.717) is 19.0 Å². The largest absolute Gasteiger partial charge is 0.497 e. The fraction of sp³-hybridized carbons (Fsp3) is 0.526. The summed E-state index contributed by atoms with van der Waals surface area (Å²) in [6, 6.07) is 8.55. The monoisotopic (exact) mass is 329 g/mol. The van der Waals surface area contributed by atoms with Crippen LogP contribution in [0.15, 0.2) is 24.3 Å². The van der Waals surface area contributed by atoms with E-state index in [0.717, 1.165) is 35.3 Å². The lowest BCUT2D eigenvalue weighted by Gasteiger charge is -2.32. The van der Waals surface area contributed by atoms with Gasteiger partial charge < -0.3 is 19.9 Å².